The highest BCUT2D eigenvalue weighted by Gasteiger charge is 2.26. The summed E-state index contributed by atoms with van der Waals surface area (Å²) < 4.78 is 47.7. The van der Waals surface area contributed by atoms with Gasteiger partial charge in [0.25, 0.3) is 0 Å². The number of nitrogens with zero attached hydrogens (tertiary/aromatic N) is 1. The number of carbonyl (C=O) groups excluding carboxylic acids is 1. The first-order valence-electron chi connectivity index (χ1n) is 8.00. The Morgan fingerprint density at radius 3 is 2.54 bits per heavy atom. The molecule has 1 aromatic carbocycles. The molecule has 1 saturated heterocycles. The maximum Gasteiger partial charge on any atom is 0.341 e. The third kappa shape index (κ3) is 4.51. The van der Waals surface area contributed by atoms with Gasteiger partial charge in [0.05, 0.1) is 11.4 Å². The molecule has 0 saturated carbocycles. The van der Waals surface area contributed by atoms with Crippen LogP contribution < -0.4 is 5.32 Å². The van der Waals surface area contributed by atoms with Crippen molar-refractivity contribution in [2.24, 2.45) is 0 Å². The number of anilines is 1. The first-order chi connectivity index (χ1) is 11.3. The van der Waals surface area contributed by atoms with E-state index < -0.39 is 20.5 Å². The van der Waals surface area contributed by atoms with Crippen LogP contribution in [0.5, 0.6) is 0 Å². The van der Waals surface area contributed by atoms with Gasteiger partial charge in [-0.25, -0.2) is 8.42 Å². The van der Waals surface area contributed by atoms with E-state index >= 15 is 0 Å². The molecular weight excluding hydrogens is 338 g/mol. The number of likely N-dealkylation sites (tertiary alicyclic amines) is 1. The summed E-state index contributed by atoms with van der Waals surface area (Å²) in [5, 5.41) is 2.68. The minimum Gasteiger partial charge on any atom is -0.325 e. The number of halogens is 2. The van der Waals surface area contributed by atoms with Gasteiger partial charge in [-0.15, -0.1) is 0 Å². The Kier molecular flexibility index (Phi) is 6.28. The first-order valence-corrected chi connectivity index (χ1v) is 9.55. The summed E-state index contributed by atoms with van der Waals surface area (Å²) in [6, 6.07) is 5.20. The van der Waals surface area contributed by atoms with Gasteiger partial charge in [-0.3, -0.25) is 9.69 Å². The van der Waals surface area contributed by atoms with Crippen LogP contribution in [0.1, 0.15) is 32.6 Å². The highest BCUT2D eigenvalue weighted by atomic mass is 32.2. The van der Waals surface area contributed by atoms with Crippen molar-refractivity contribution in [3.63, 3.8) is 0 Å². The SMILES string of the molecule is CCC1CCCCN1CC(=O)Nc1ccc(S(=O)(=O)C(F)F)cc1. The number of rotatable bonds is 6. The van der Waals surface area contributed by atoms with Gasteiger partial charge in [0, 0.05) is 11.7 Å². The van der Waals surface area contributed by atoms with E-state index in [1.54, 1.807) is 0 Å². The average Bonchev–Trinajstić information content (AvgIpc) is 2.55. The number of benzene rings is 1. The lowest BCUT2D eigenvalue weighted by molar-refractivity contribution is -0.118. The maximum absolute atomic E-state index is 12.5. The zero-order chi connectivity index (χ0) is 17.7. The van der Waals surface area contributed by atoms with Gasteiger partial charge in [0.2, 0.25) is 15.7 Å². The van der Waals surface area contributed by atoms with Gasteiger partial charge in [0.15, 0.2) is 0 Å². The van der Waals surface area contributed by atoms with Gasteiger partial charge >= 0.3 is 5.76 Å². The minimum absolute atomic E-state index is 0.195. The van der Waals surface area contributed by atoms with E-state index in [2.05, 4.69) is 17.1 Å². The number of piperidine rings is 1. The third-order valence-corrected chi connectivity index (χ3v) is 5.67. The number of alkyl halides is 2. The molecule has 1 unspecified atom stereocenters. The summed E-state index contributed by atoms with van der Waals surface area (Å²) >= 11 is 0. The van der Waals surface area contributed by atoms with E-state index in [9.17, 15) is 22.0 Å². The van der Waals surface area contributed by atoms with Crippen molar-refractivity contribution < 1.29 is 22.0 Å². The van der Waals surface area contributed by atoms with E-state index in [4.69, 9.17) is 0 Å². The van der Waals surface area contributed by atoms with E-state index in [1.165, 1.54) is 18.6 Å². The quantitative estimate of drug-likeness (QED) is 0.847. The van der Waals surface area contributed by atoms with Crippen LogP contribution in [0.15, 0.2) is 29.2 Å². The third-order valence-electron chi connectivity index (χ3n) is 4.27. The number of nitrogens with one attached hydrogen (secondary N) is 1. The van der Waals surface area contributed by atoms with Crippen LogP contribution in [0.3, 0.4) is 0 Å². The first kappa shape index (κ1) is 18.8. The zero-order valence-corrected chi connectivity index (χ0v) is 14.4. The summed E-state index contributed by atoms with van der Waals surface area (Å²) in [4.78, 5) is 13.8. The van der Waals surface area contributed by atoms with Crippen molar-refractivity contribution in [2.45, 2.75) is 49.3 Å². The lowest BCUT2D eigenvalue weighted by atomic mass is 10.0. The summed E-state index contributed by atoms with van der Waals surface area (Å²) in [5.41, 5.74) is 0.387. The smallest absolute Gasteiger partial charge is 0.325 e. The average molecular weight is 360 g/mol. The number of carbonyl (C=O) groups is 1. The molecule has 1 amide bonds. The molecular formula is C16H22F2N2O3S. The molecule has 1 heterocycles. The van der Waals surface area contributed by atoms with Crippen LogP contribution in [-0.4, -0.2) is 44.1 Å². The molecule has 0 aromatic heterocycles. The van der Waals surface area contributed by atoms with Crippen LogP contribution >= 0.6 is 0 Å². The predicted molar refractivity (Wildman–Crippen MR) is 87.8 cm³/mol. The van der Waals surface area contributed by atoms with Gasteiger partial charge in [0.1, 0.15) is 0 Å². The Morgan fingerprint density at radius 1 is 1.29 bits per heavy atom. The minimum atomic E-state index is -4.61. The summed E-state index contributed by atoms with van der Waals surface area (Å²) in [6.07, 6.45) is 4.33. The van der Waals surface area contributed by atoms with Crippen LogP contribution in [0.25, 0.3) is 0 Å². The van der Waals surface area contributed by atoms with Gasteiger partial charge < -0.3 is 5.32 Å². The normalized spacial score (nSPS) is 19.4. The standard InChI is InChI=1S/C16H22F2N2O3S/c1-2-13-5-3-4-10-20(13)11-15(21)19-12-6-8-14(9-7-12)24(22,23)16(17)18/h6-9,13,16H,2-5,10-11H2,1H3,(H,19,21). The molecule has 1 aromatic rings. The topological polar surface area (TPSA) is 66.5 Å². The van der Waals surface area contributed by atoms with Crippen LogP contribution in [0.4, 0.5) is 14.5 Å². The summed E-state index contributed by atoms with van der Waals surface area (Å²) in [5.74, 6) is -3.65. The molecule has 5 nitrogen and oxygen atoms in total. The fourth-order valence-corrected chi connectivity index (χ4v) is 3.67. The largest absolute Gasteiger partial charge is 0.341 e. The van der Waals surface area contributed by atoms with E-state index in [-0.39, 0.29) is 12.5 Å². The fourth-order valence-electron chi connectivity index (χ4n) is 2.95. The second-order valence-corrected chi connectivity index (χ2v) is 7.82. The number of hydrogen-bond donors (Lipinski definition) is 1. The molecule has 8 heteroatoms. The molecule has 0 radical (unpaired) electrons. The van der Waals surface area contributed by atoms with Gasteiger partial charge in [-0.05, 0) is 50.1 Å². The molecule has 0 aliphatic carbocycles. The lowest BCUT2D eigenvalue weighted by Gasteiger charge is -2.34. The van der Waals surface area contributed by atoms with Crippen molar-refractivity contribution in [3.05, 3.63) is 24.3 Å². The Bertz CT molecular complexity index is 662. The van der Waals surface area contributed by atoms with E-state index in [0.29, 0.717) is 11.7 Å². The Hall–Kier alpha value is -1.54. The molecule has 1 aliphatic heterocycles. The highest BCUT2D eigenvalue weighted by molar-refractivity contribution is 7.91. The Balaban J connectivity index is 1.97. The molecule has 1 fully saturated rings. The van der Waals surface area contributed by atoms with Gasteiger partial charge in [-0.1, -0.05) is 13.3 Å². The van der Waals surface area contributed by atoms with Crippen molar-refractivity contribution in [2.75, 3.05) is 18.4 Å². The fraction of sp³-hybridized carbons (Fsp3) is 0.562. The highest BCUT2D eigenvalue weighted by Crippen LogP contribution is 2.21. The molecule has 24 heavy (non-hydrogen) atoms. The molecule has 0 bridgehead atoms. The summed E-state index contributed by atoms with van der Waals surface area (Å²) in [7, 11) is -4.61. The molecule has 1 N–H and O–H groups in total. The van der Waals surface area contributed by atoms with E-state index in [1.807, 2.05) is 0 Å². The number of sulfone groups is 1. The lowest BCUT2D eigenvalue weighted by Crippen LogP contribution is -2.43. The van der Waals surface area contributed by atoms with Crippen LogP contribution in [0.2, 0.25) is 0 Å². The Morgan fingerprint density at radius 2 is 1.96 bits per heavy atom. The summed E-state index contributed by atoms with van der Waals surface area (Å²) in [6.45, 7) is 3.26. The molecule has 0 spiro atoms. The van der Waals surface area contributed by atoms with E-state index in [0.717, 1.165) is 37.9 Å². The second kappa shape index (κ2) is 8.02. The molecule has 134 valence electrons. The number of hydrogen-bond acceptors (Lipinski definition) is 4. The van der Waals surface area contributed by atoms with Crippen molar-refractivity contribution in [1.29, 1.82) is 0 Å². The molecule has 2 rings (SSSR count). The second-order valence-electron chi connectivity index (χ2n) is 5.91. The van der Waals surface area contributed by atoms with Crippen molar-refractivity contribution in [3.8, 4) is 0 Å². The zero-order valence-electron chi connectivity index (χ0n) is 13.5. The maximum atomic E-state index is 12.5. The Labute approximate surface area is 141 Å². The van der Waals surface area contributed by atoms with Gasteiger partial charge in [-0.2, -0.15) is 8.78 Å². The van der Waals surface area contributed by atoms with Crippen LogP contribution in [-0.2, 0) is 14.6 Å². The predicted octanol–water partition coefficient (Wildman–Crippen LogP) is 2.89. The monoisotopic (exact) mass is 360 g/mol. The molecule has 1 atom stereocenters. The van der Waals surface area contributed by atoms with Crippen molar-refractivity contribution >= 4 is 21.4 Å². The van der Waals surface area contributed by atoms with Crippen molar-refractivity contribution in [1.82, 2.24) is 4.90 Å². The van der Waals surface area contributed by atoms with Crippen LogP contribution in [0, 0.1) is 0 Å². The number of amides is 1. The molecule has 1 aliphatic rings.